The Morgan fingerprint density at radius 1 is 1.53 bits per heavy atom. The van der Waals surface area contributed by atoms with Crippen molar-refractivity contribution in [1.29, 1.82) is 0 Å². The second kappa shape index (κ2) is 6.12. The lowest BCUT2D eigenvalue weighted by Gasteiger charge is -2.17. The zero-order valence-electron chi connectivity index (χ0n) is 9.79. The molecule has 1 atom stereocenters. The van der Waals surface area contributed by atoms with E-state index in [4.69, 9.17) is 16.7 Å². The summed E-state index contributed by atoms with van der Waals surface area (Å²) >= 11 is 5.73. The van der Waals surface area contributed by atoms with Crippen LogP contribution in [0, 0.1) is 0 Å². The van der Waals surface area contributed by atoms with Crippen LogP contribution in [0.5, 0.6) is 0 Å². The van der Waals surface area contributed by atoms with E-state index in [9.17, 15) is 18.0 Å². The van der Waals surface area contributed by atoms with E-state index < -0.39 is 23.8 Å². The first kappa shape index (κ1) is 15.6. The molecule has 106 valence electrons. The maximum absolute atomic E-state index is 12.5. The Balaban J connectivity index is 3.02. The van der Waals surface area contributed by atoms with Crippen molar-refractivity contribution < 1.29 is 27.8 Å². The van der Waals surface area contributed by atoms with Crippen LogP contribution in [0.15, 0.2) is 18.2 Å². The summed E-state index contributed by atoms with van der Waals surface area (Å²) in [6.07, 6.45) is -4.53. The second-order valence-corrected chi connectivity index (χ2v) is 4.09. The zero-order chi connectivity index (χ0) is 14.6. The lowest BCUT2D eigenvalue weighted by molar-refractivity contribution is -0.139. The van der Waals surface area contributed by atoms with E-state index in [0.717, 1.165) is 18.2 Å². The molecule has 4 nitrogen and oxygen atoms in total. The second-order valence-electron chi connectivity index (χ2n) is 3.68. The Morgan fingerprint density at radius 3 is 2.63 bits per heavy atom. The molecule has 0 saturated carbocycles. The van der Waals surface area contributed by atoms with E-state index in [0.29, 0.717) is 0 Å². The summed E-state index contributed by atoms with van der Waals surface area (Å²) in [6, 6.07) is 1.44. The molecular formula is C11H11ClF3NO3. The number of rotatable bonds is 5. The number of carboxylic acids is 1. The van der Waals surface area contributed by atoms with E-state index in [1.807, 2.05) is 0 Å². The standard InChI is InChI=1S/C11H11ClF3NO3/c1-19-5-9(10(17)18)16-8-4-6(11(13,14)15)2-3-7(8)12/h2-4,9,16H,5H2,1H3,(H,17,18). The van der Waals surface area contributed by atoms with Crippen LogP contribution < -0.4 is 5.32 Å². The molecule has 0 aromatic heterocycles. The van der Waals surface area contributed by atoms with E-state index in [2.05, 4.69) is 10.1 Å². The smallest absolute Gasteiger partial charge is 0.416 e. The average molecular weight is 298 g/mol. The number of halogens is 4. The molecule has 8 heteroatoms. The molecule has 0 fully saturated rings. The quantitative estimate of drug-likeness (QED) is 0.877. The number of benzene rings is 1. The highest BCUT2D eigenvalue weighted by molar-refractivity contribution is 6.33. The number of anilines is 1. The van der Waals surface area contributed by atoms with E-state index in [-0.39, 0.29) is 17.3 Å². The molecule has 0 aliphatic heterocycles. The molecule has 0 spiro atoms. The van der Waals surface area contributed by atoms with Crippen molar-refractivity contribution in [2.24, 2.45) is 0 Å². The lowest BCUT2D eigenvalue weighted by atomic mass is 10.1. The largest absolute Gasteiger partial charge is 0.480 e. The maximum atomic E-state index is 12.5. The van der Waals surface area contributed by atoms with Crippen LogP contribution in [0.25, 0.3) is 0 Å². The van der Waals surface area contributed by atoms with Gasteiger partial charge in [-0.05, 0) is 18.2 Å². The van der Waals surface area contributed by atoms with Crippen molar-refractivity contribution in [3.05, 3.63) is 28.8 Å². The fraction of sp³-hybridized carbons (Fsp3) is 0.364. The zero-order valence-corrected chi connectivity index (χ0v) is 10.5. The first-order chi connectivity index (χ1) is 8.75. The van der Waals surface area contributed by atoms with Crippen LogP contribution in [0.1, 0.15) is 5.56 Å². The summed E-state index contributed by atoms with van der Waals surface area (Å²) in [5.74, 6) is -1.25. The number of methoxy groups -OCH3 is 1. The number of alkyl halides is 3. The summed E-state index contributed by atoms with van der Waals surface area (Å²) in [4.78, 5) is 10.9. The number of carbonyl (C=O) groups is 1. The third-order valence-electron chi connectivity index (χ3n) is 2.25. The molecule has 1 aromatic rings. The van der Waals surface area contributed by atoms with Gasteiger partial charge >= 0.3 is 12.1 Å². The molecule has 1 rings (SSSR count). The van der Waals surface area contributed by atoms with Gasteiger partial charge in [0.05, 0.1) is 22.9 Å². The summed E-state index contributed by atoms with van der Waals surface area (Å²) in [6.45, 7) is -0.206. The highest BCUT2D eigenvalue weighted by Crippen LogP contribution is 2.34. The third kappa shape index (κ3) is 4.29. The number of hydrogen-bond donors (Lipinski definition) is 2. The van der Waals surface area contributed by atoms with Gasteiger partial charge in [0.1, 0.15) is 6.04 Å². The van der Waals surface area contributed by atoms with Crippen LogP contribution in [-0.4, -0.2) is 30.8 Å². The Kier molecular flexibility index (Phi) is 5.02. The summed E-state index contributed by atoms with van der Waals surface area (Å²) in [5, 5.41) is 11.3. The van der Waals surface area contributed by atoms with Gasteiger partial charge in [0, 0.05) is 7.11 Å². The predicted octanol–water partition coefficient (Wildman–Crippen LogP) is 2.87. The Labute approximate surface area is 112 Å². The van der Waals surface area contributed by atoms with E-state index in [1.54, 1.807) is 0 Å². The van der Waals surface area contributed by atoms with Crippen LogP contribution in [0.2, 0.25) is 5.02 Å². The predicted molar refractivity (Wildman–Crippen MR) is 63.4 cm³/mol. The topological polar surface area (TPSA) is 58.6 Å². The van der Waals surface area contributed by atoms with Crippen molar-refractivity contribution in [3.63, 3.8) is 0 Å². The minimum absolute atomic E-state index is 0.00430. The minimum Gasteiger partial charge on any atom is -0.480 e. The number of aliphatic carboxylic acids is 1. The Morgan fingerprint density at radius 2 is 2.16 bits per heavy atom. The molecule has 0 aliphatic rings. The molecule has 1 unspecified atom stereocenters. The highest BCUT2D eigenvalue weighted by Gasteiger charge is 2.31. The van der Waals surface area contributed by atoms with Crippen LogP contribution >= 0.6 is 11.6 Å². The Bertz CT molecular complexity index is 465. The van der Waals surface area contributed by atoms with Gasteiger partial charge < -0.3 is 15.2 Å². The molecular weight excluding hydrogens is 287 g/mol. The normalized spacial score (nSPS) is 13.1. The number of hydrogen-bond acceptors (Lipinski definition) is 3. The van der Waals surface area contributed by atoms with Crippen molar-refractivity contribution in [3.8, 4) is 0 Å². The van der Waals surface area contributed by atoms with Crippen molar-refractivity contribution >= 4 is 23.3 Å². The third-order valence-corrected chi connectivity index (χ3v) is 2.58. The van der Waals surface area contributed by atoms with Crippen LogP contribution in [0.4, 0.5) is 18.9 Å². The van der Waals surface area contributed by atoms with E-state index >= 15 is 0 Å². The van der Waals surface area contributed by atoms with Gasteiger partial charge in [-0.2, -0.15) is 13.2 Å². The van der Waals surface area contributed by atoms with Gasteiger partial charge in [-0.15, -0.1) is 0 Å². The van der Waals surface area contributed by atoms with Gasteiger partial charge in [0.15, 0.2) is 0 Å². The molecule has 1 aromatic carbocycles. The van der Waals surface area contributed by atoms with Crippen molar-refractivity contribution in [2.75, 3.05) is 19.0 Å². The molecule has 19 heavy (non-hydrogen) atoms. The monoisotopic (exact) mass is 297 g/mol. The molecule has 0 aliphatic carbocycles. The fourth-order valence-electron chi connectivity index (χ4n) is 1.34. The van der Waals surface area contributed by atoms with Gasteiger partial charge in [0.25, 0.3) is 0 Å². The molecule has 0 amide bonds. The molecule has 2 N–H and O–H groups in total. The van der Waals surface area contributed by atoms with Gasteiger partial charge in [-0.25, -0.2) is 4.79 Å². The van der Waals surface area contributed by atoms with Gasteiger partial charge in [0.2, 0.25) is 0 Å². The number of nitrogens with one attached hydrogen (secondary N) is 1. The van der Waals surface area contributed by atoms with Crippen LogP contribution in [0.3, 0.4) is 0 Å². The van der Waals surface area contributed by atoms with Gasteiger partial charge in [-0.3, -0.25) is 0 Å². The molecule has 0 saturated heterocycles. The highest BCUT2D eigenvalue weighted by atomic mass is 35.5. The summed E-state index contributed by atoms with van der Waals surface area (Å²) in [7, 11) is 1.28. The molecule has 0 bridgehead atoms. The average Bonchev–Trinajstić information content (AvgIpc) is 2.29. The van der Waals surface area contributed by atoms with Crippen molar-refractivity contribution in [2.45, 2.75) is 12.2 Å². The SMILES string of the molecule is COCC(Nc1cc(C(F)(F)F)ccc1Cl)C(=O)O. The Hall–Kier alpha value is -1.47. The van der Waals surface area contributed by atoms with Gasteiger partial charge in [-0.1, -0.05) is 11.6 Å². The molecule has 0 heterocycles. The first-order valence-electron chi connectivity index (χ1n) is 5.10. The number of carboxylic acid groups (broad SMARTS) is 1. The summed E-state index contributed by atoms with van der Waals surface area (Å²) in [5.41, 5.74) is -1.03. The van der Waals surface area contributed by atoms with E-state index in [1.165, 1.54) is 7.11 Å². The first-order valence-corrected chi connectivity index (χ1v) is 5.48. The van der Waals surface area contributed by atoms with Crippen molar-refractivity contribution in [1.82, 2.24) is 0 Å². The number of ether oxygens (including phenoxy) is 1. The van der Waals surface area contributed by atoms with Crippen LogP contribution in [-0.2, 0) is 15.7 Å². The summed E-state index contributed by atoms with van der Waals surface area (Å²) < 4.78 is 42.3. The fourth-order valence-corrected chi connectivity index (χ4v) is 1.51. The molecule has 0 radical (unpaired) electrons. The maximum Gasteiger partial charge on any atom is 0.416 e. The lowest BCUT2D eigenvalue weighted by Crippen LogP contribution is -2.33. The minimum atomic E-state index is -4.53.